The Morgan fingerprint density at radius 3 is 2.20 bits per heavy atom. The van der Waals surface area contributed by atoms with Crippen LogP contribution in [0.1, 0.15) is 34.6 Å². The molecule has 0 saturated heterocycles. The number of hydrogen-bond acceptors (Lipinski definition) is 3. The van der Waals surface area contributed by atoms with Gasteiger partial charge in [0.1, 0.15) is 5.60 Å². The van der Waals surface area contributed by atoms with Crippen LogP contribution in [-0.2, 0) is 4.74 Å². The minimum atomic E-state index is -0.417. The molecule has 0 aliphatic carbocycles. The second-order valence-corrected chi connectivity index (χ2v) is 4.46. The van der Waals surface area contributed by atoms with Crippen molar-refractivity contribution < 1.29 is 9.53 Å². The summed E-state index contributed by atoms with van der Waals surface area (Å²) in [5.74, 6) is 0. The van der Waals surface area contributed by atoms with Gasteiger partial charge in [0.2, 0.25) is 0 Å². The quantitative estimate of drug-likeness (QED) is 0.762. The van der Waals surface area contributed by atoms with Crippen LogP contribution in [-0.4, -0.2) is 42.8 Å². The predicted molar refractivity (Wildman–Crippen MR) is 62.0 cm³/mol. The topological polar surface area (TPSA) is 41.6 Å². The third-order valence-corrected chi connectivity index (χ3v) is 1.99. The molecule has 0 aromatic rings. The number of amides is 1. The van der Waals surface area contributed by atoms with Crippen molar-refractivity contribution >= 4 is 6.09 Å². The Kier molecular flexibility index (Phi) is 6.32. The highest BCUT2D eigenvalue weighted by Gasteiger charge is 2.15. The third kappa shape index (κ3) is 8.24. The number of alkyl carbamates (subject to hydrolysis) is 1. The van der Waals surface area contributed by atoms with E-state index in [1.807, 2.05) is 20.8 Å². The Morgan fingerprint density at radius 2 is 1.80 bits per heavy atom. The van der Waals surface area contributed by atoms with Crippen molar-refractivity contribution in [2.24, 2.45) is 0 Å². The average molecular weight is 216 g/mol. The van der Waals surface area contributed by atoms with Gasteiger partial charge in [0.25, 0.3) is 0 Å². The molecule has 0 atom stereocenters. The number of likely N-dealkylation sites (N-methyl/N-ethyl adjacent to an activating group) is 1. The van der Waals surface area contributed by atoms with Crippen molar-refractivity contribution in [2.45, 2.75) is 40.2 Å². The summed E-state index contributed by atoms with van der Waals surface area (Å²) in [5, 5.41) is 2.74. The van der Waals surface area contributed by atoms with Gasteiger partial charge in [0, 0.05) is 13.1 Å². The van der Waals surface area contributed by atoms with Crippen LogP contribution in [0.5, 0.6) is 0 Å². The molecule has 0 aromatic carbocycles. The smallest absolute Gasteiger partial charge is 0.407 e. The highest BCUT2D eigenvalue weighted by molar-refractivity contribution is 5.67. The van der Waals surface area contributed by atoms with E-state index in [2.05, 4.69) is 24.1 Å². The number of ether oxygens (including phenoxy) is 1. The summed E-state index contributed by atoms with van der Waals surface area (Å²) in [5.41, 5.74) is -0.417. The van der Waals surface area contributed by atoms with Crippen LogP contribution >= 0.6 is 0 Å². The summed E-state index contributed by atoms with van der Waals surface area (Å²) in [6.45, 7) is 13.3. The fraction of sp³-hybridized carbons (Fsp3) is 0.909. The molecule has 0 fully saturated rings. The van der Waals surface area contributed by atoms with Gasteiger partial charge in [-0.25, -0.2) is 4.79 Å². The van der Waals surface area contributed by atoms with Crippen LogP contribution in [0, 0.1) is 0 Å². The van der Waals surface area contributed by atoms with E-state index >= 15 is 0 Å². The summed E-state index contributed by atoms with van der Waals surface area (Å²) >= 11 is 0. The third-order valence-electron chi connectivity index (χ3n) is 1.99. The van der Waals surface area contributed by atoms with Crippen LogP contribution in [0.2, 0.25) is 0 Å². The van der Waals surface area contributed by atoms with Crippen molar-refractivity contribution in [3.63, 3.8) is 0 Å². The van der Waals surface area contributed by atoms with Gasteiger partial charge in [-0.1, -0.05) is 13.8 Å². The summed E-state index contributed by atoms with van der Waals surface area (Å²) in [6.07, 6.45) is -0.338. The van der Waals surface area contributed by atoms with E-state index in [1.54, 1.807) is 0 Å². The van der Waals surface area contributed by atoms with Gasteiger partial charge in [-0.15, -0.1) is 0 Å². The Bertz CT molecular complexity index is 184. The minimum absolute atomic E-state index is 0.338. The molecule has 15 heavy (non-hydrogen) atoms. The zero-order chi connectivity index (χ0) is 11.9. The molecule has 0 aromatic heterocycles. The van der Waals surface area contributed by atoms with Crippen molar-refractivity contribution in [3.8, 4) is 0 Å². The van der Waals surface area contributed by atoms with Crippen LogP contribution < -0.4 is 5.32 Å². The SMILES string of the molecule is CCN(CC)CCNC(=O)OC(C)(C)C. The Hall–Kier alpha value is -0.770. The molecular weight excluding hydrogens is 192 g/mol. The molecule has 1 amide bonds. The number of nitrogens with zero attached hydrogens (tertiary/aromatic N) is 1. The lowest BCUT2D eigenvalue weighted by atomic mass is 10.2. The summed E-state index contributed by atoms with van der Waals surface area (Å²) in [7, 11) is 0. The fourth-order valence-corrected chi connectivity index (χ4v) is 1.17. The van der Waals surface area contributed by atoms with Gasteiger partial charge in [-0.3, -0.25) is 0 Å². The zero-order valence-electron chi connectivity index (χ0n) is 10.6. The monoisotopic (exact) mass is 216 g/mol. The number of nitrogens with one attached hydrogen (secondary N) is 1. The Labute approximate surface area is 93.0 Å². The molecule has 0 rings (SSSR count). The second-order valence-electron chi connectivity index (χ2n) is 4.46. The maximum atomic E-state index is 11.3. The van der Waals surface area contributed by atoms with Crippen LogP contribution in [0.3, 0.4) is 0 Å². The van der Waals surface area contributed by atoms with Gasteiger partial charge in [-0.2, -0.15) is 0 Å². The molecule has 0 bridgehead atoms. The molecule has 90 valence electrons. The van der Waals surface area contributed by atoms with Gasteiger partial charge in [0.05, 0.1) is 0 Å². The average Bonchev–Trinajstić information content (AvgIpc) is 2.09. The predicted octanol–water partition coefficient (Wildman–Crippen LogP) is 1.85. The molecule has 4 heteroatoms. The van der Waals surface area contributed by atoms with Gasteiger partial charge in [0.15, 0.2) is 0 Å². The maximum Gasteiger partial charge on any atom is 0.407 e. The highest BCUT2D eigenvalue weighted by Crippen LogP contribution is 2.06. The Morgan fingerprint density at radius 1 is 1.27 bits per heavy atom. The molecule has 0 radical (unpaired) electrons. The number of carbonyl (C=O) groups is 1. The van der Waals surface area contributed by atoms with Crippen LogP contribution in [0.15, 0.2) is 0 Å². The highest BCUT2D eigenvalue weighted by atomic mass is 16.6. The van der Waals surface area contributed by atoms with E-state index < -0.39 is 5.60 Å². The maximum absolute atomic E-state index is 11.3. The molecule has 0 unspecified atom stereocenters. The molecule has 0 aliphatic heterocycles. The van der Waals surface area contributed by atoms with Crippen LogP contribution in [0.4, 0.5) is 4.79 Å². The van der Waals surface area contributed by atoms with E-state index in [9.17, 15) is 4.79 Å². The number of rotatable bonds is 5. The first-order valence-corrected chi connectivity index (χ1v) is 5.58. The molecule has 1 N–H and O–H groups in total. The lowest BCUT2D eigenvalue weighted by molar-refractivity contribution is 0.0522. The molecule has 4 nitrogen and oxygen atoms in total. The lowest BCUT2D eigenvalue weighted by Gasteiger charge is -2.21. The lowest BCUT2D eigenvalue weighted by Crippen LogP contribution is -2.37. The second kappa shape index (κ2) is 6.67. The molecule has 0 saturated carbocycles. The van der Waals surface area contributed by atoms with E-state index in [4.69, 9.17) is 4.74 Å². The van der Waals surface area contributed by atoms with Gasteiger partial charge in [-0.05, 0) is 33.9 Å². The Balaban J connectivity index is 3.64. The first-order chi connectivity index (χ1) is 6.89. The molecule has 0 aliphatic rings. The molecule has 0 spiro atoms. The van der Waals surface area contributed by atoms with E-state index in [-0.39, 0.29) is 6.09 Å². The standard InChI is InChI=1S/C11H24N2O2/c1-6-13(7-2)9-8-12-10(14)15-11(3,4)5/h6-9H2,1-5H3,(H,12,14). The molecule has 0 heterocycles. The van der Waals surface area contributed by atoms with E-state index in [0.29, 0.717) is 6.54 Å². The summed E-state index contributed by atoms with van der Waals surface area (Å²) < 4.78 is 5.12. The van der Waals surface area contributed by atoms with Crippen molar-refractivity contribution in [1.29, 1.82) is 0 Å². The molecular formula is C11H24N2O2. The summed E-state index contributed by atoms with van der Waals surface area (Å²) in [6, 6.07) is 0. The van der Waals surface area contributed by atoms with Crippen LogP contribution in [0.25, 0.3) is 0 Å². The van der Waals surface area contributed by atoms with Gasteiger partial charge < -0.3 is 15.0 Å². The minimum Gasteiger partial charge on any atom is -0.444 e. The van der Waals surface area contributed by atoms with Crippen molar-refractivity contribution in [3.05, 3.63) is 0 Å². The first kappa shape index (κ1) is 14.2. The normalized spacial score (nSPS) is 11.6. The first-order valence-electron chi connectivity index (χ1n) is 5.58. The summed E-state index contributed by atoms with van der Waals surface area (Å²) in [4.78, 5) is 13.5. The number of hydrogen-bond donors (Lipinski definition) is 1. The largest absolute Gasteiger partial charge is 0.444 e. The van der Waals surface area contributed by atoms with Crippen molar-refractivity contribution in [2.75, 3.05) is 26.2 Å². The van der Waals surface area contributed by atoms with E-state index in [1.165, 1.54) is 0 Å². The number of carbonyl (C=O) groups excluding carboxylic acids is 1. The fourth-order valence-electron chi connectivity index (χ4n) is 1.17. The van der Waals surface area contributed by atoms with Gasteiger partial charge >= 0.3 is 6.09 Å². The zero-order valence-corrected chi connectivity index (χ0v) is 10.6. The van der Waals surface area contributed by atoms with E-state index in [0.717, 1.165) is 19.6 Å². The van der Waals surface area contributed by atoms with Crippen molar-refractivity contribution in [1.82, 2.24) is 10.2 Å².